The van der Waals surface area contributed by atoms with Crippen LogP contribution in [0.1, 0.15) is 25.7 Å². The predicted octanol–water partition coefficient (Wildman–Crippen LogP) is 0.641. The van der Waals surface area contributed by atoms with Gasteiger partial charge in [0.2, 0.25) is 11.8 Å². The van der Waals surface area contributed by atoms with Gasteiger partial charge in [0, 0.05) is 25.6 Å². The molecular formula is C13H20F3N3O2. The maximum absolute atomic E-state index is 12.6. The highest BCUT2D eigenvalue weighted by Gasteiger charge is 2.43. The minimum absolute atomic E-state index is 0.0232. The standard InChI is InChI=1S/C13H20F3N3O2/c14-13(15,16)9-1-2-10(18-7-9)12(21)19-5-3-8(4-6-19)11(17)20/h8-10,18H,1-7H2,(H2,17,20). The van der Waals surface area contributed by atoms with Crippen molar-refractivity contribution in [3.05, 3.63) is 0 Å². The fraction of sp³-hybridized carbons (Fsp3) is 0.846. The lowest BCUT2D eigenvalue weighted by atomic mass is 9.92. The molecule has 2 aliphatic heterocycles. The third-order valence-corrected chi connectivity index (χ3v) is 4.38. The van der Waals surface area contributed by atoms with Crippen LogP contribution < -0.4 is 11.1 Å². The Morgan fingerprint density at radius 2 is 1.71 bits per heavy atom. The lowest BCUT2D eigenvalue weighted by molar-refractivity contribution is -0.180. The second-order valence-electron chi connectivity index (χ2n) is 5.78. The first-order valence-electron chi connectivity index (χ1n) is 7.17. The summed E-state index contributed by atoms with van der Waals surface area (Å²) in [4.78, 5) is 24.9. The van der Waals surface area contributed by atoms with Gasteiger partial charge in [-0.05, 0) is 25.7 Å². The van der Waals surface area contributed by atoms with Crippen molar-refractivity contribution in [3.63, 3.8) is 0 Å². The van der Waals surface area contributed by atoms with Crippen molar-refractivity contribution in [2.75, 3.05) is 19.6 Å². The predicted molar refractivity (Wildman–Crippen MR) is 69.1 cm³/mol. The second kappa shape index (κ2) is 6.21. The van der Waals surface area contributed by atoms with Gasteiger partial charge in [-0.2, -0.15) is 13.2 Å². The van der Waals surface area contributed by atoms with E-state index in [1.54, 1.807) is 4.90 Å². The molecule has 0 saturated carbocycles. The first-order valence-corrected chi connectivity index (χ1v) is 7.17. The molecule has 2 rings (SSSR count). The number of alkyl halides is 3. The number of rotatable bonds is 2. The Balaban J connectivity index is 1.82. The van der Waals surface area contributed by atoms with Crippen LogP contribution in [0.4, 0.5) is 13.2 Å². The Morgan fingerprint density at radius 1 is 1.10 bits per heavy atom. The van der Waals surface area contributed by atoms with Crippen molar-refractivity contribution < 1.29 is 22.8 Å². The summed E-state index contributed by atoms with van der Waals surface area (Å²) in [7, 11) is 0. The Kier molecular flexibility index (Phi) is 4.75. The number of nitrogens with one attached hydrogen (secondary N) is 1. The van der Waals surface area contributed by atoms with Crippen molar-refractivity contribution in [2.24, 2.45) is 17.6 Å². The van der Waals surface area contributed by atoms with Crippen LogP contribution in [-0.4, -0.2) is 48.6 Å². The van der Waals surface area contributed by atoms with E-state index in [4.69, 9.17) is 5.73 Å². The van der Waals surface area contributed by atoms with Crippen LogP contribution >= 0.6 is 0 Å². The molecule has 3 N–H and O–H groups in total. The number of hydrogen-bond acceptors (Lipinski definition) is 3. The van der Waals surface area contributed by atoms with E-state index in [9.17, 15) is 22.8 Å². The van der Waals surface area contributed by atoms with Crippen molar-refractivity contribution in [2.45, 2.75) is 37.9 Å². The molecule has 2 fully saturated rings. The van der Waals surface area contributed by atoms with Crippen molar-refractivity contribution in [1.82, 2.24) is 10.2 Å². The Bertz CT molecular complexity index is 398. The third kappa shape index (κ3) is 3.87. The van der Waals surface area contributed by atoms with Crippen LogP contribution in [0.15, 0.2) is 0 Å². The smallest absolute Gasteiger partial charge is 0.369 e. The summed E-state index contributed by atoms with van der Waals surface area (Å²) in [5, 5.41) is 2.70. The molecule has 2 atom stereocenters. The molecule has 0 aromatic heterocycles. The number of hydrogen-bond donors (Lipinski definition) is 2. The largest absolute Gasteiger partial charge is 0.393 e. The maximum Gasteiger partial charge on any atom is 0.393 e. The van der Waals surface area contributed by atoms with Crippen LogP contribution in [0.2, 0.25) is 0 Å². The van der Waals surface area contributed by atoms with Crippen LogP contribution in [0.5, 0.6) is 0 Å². The fourth-order valence-electron chi connectivity index (χ4n) is 2.95. The third-order valence-electron chi connectivity index (χ3n) is 4.38. The van der Waals surface area contributed by atoms with E-state index in [0.717, 1.165) is 0 Å². The lowest BCUT2D eigenvalue weighted by Gasteiger charge is -2.36. The topological polar surface area (TPSA) is 75.4 Å². The summed E-state index contributed by atoms with van der Waals surface area (Å²) in [5.41, 5.74) is 5.23. The van der Waals surface area contributed by atoms with Gasteiger partial charge in [-0.3, -0.25) is 9.59 Å². The van der Waals surface area contributed by atoms with E-state index in [2.05, 4.69) is 5.32 Å². The minimum Gasteiger partial charge on any atom is -0.369 e. The van der Waals surface area contributed by atoms with Crippen LogP contribution in [0.25, 0.3) is 0 Å². The van der Waals surface area contributed by atoms with Gasteiger partial charge in [0.25, 0.3) is 0 Å². The highest BCUT2D eigenvalue weighted by atomic mass is 19.4. The molecule has 0 aromatic carbocycles. The van der Waals surface area contributed by atoms with Crippen molar-refractivity contribution in [3.8, 4) is 0 Å². The fourth-order valence-corrected chi connectivity index (χ4v) is 2.95. The molecule has 2 heterocycles. The Hall–Kier alpha value is -1.31. The monoisotopic (exact) mass is 307 g/mol. The van der Waals surface area contributed by atoms with E-state index in [1.807, 2.05) is 0 Å². The summed E-state index contributed by atoms with van der Waals surface area (Å²) < 4.78 is 37.7. The number of primary amides is 1. The van der Waals surface area contributed by atoms with Gasteiger partial charge in [-0.15, -0.1) is 0 Å². The summed E-state index contributed by atoms with van der Waals surface area (Å²) in [6, 6.07) is -0.547. The van der Waals surface area contributed by atoms with E-state index >= 15 is 0 Å². The van der Waals surface area contributed by atoms with Gasteiger partial charge in [-0.25, -0.2) is 0 Å². The van der Waals surface area contributed by atoms with Crippen molar-refractivity contribution >= 4 is 11.8 Å². The quantitative estimate of drug-likeness (QED) is 0.786. The Morgan fingerprint density at radius 3 is 2.14 bits per heavy atom. The average Bonchev–Trinajstić information content (AvgIpc) is 2.46. The van der Waals surface area contributed by atoms with Gasteiger partial charge >= 0.3 is 6.18 Å². The second-order valence-corrected chi connectivity index (χ2v) is 5.78. The van der Waals surface area contributed by atoms with Crippen LogP contribution in [0.3, 0.4) is 0 Å². The number of carbonyl (C=O) groups excluding carboxylic acids is 2. The summed E-state index contributed by atoms with van der Waals surface area (Å²) in [5.74, 6) is -2.10. The number of piperidine rings is 2. The molecule has 0 radical (unpaired) electrons. The zero-order valence-corrected chi connectivity index (χ0v) is 11.7. The Labute approximate surface area is 121 Å². The number of carbonyl (C=O) groups is 2. The van der Waals surface area contributed by atoms with Gasteiger partial charge in [0.05, 0.1) is 12.0 Å². The number of nitrogens with two attached hydrogens (primary N) is 1. The van der Waals surface area contributed by atoms with Crippen LogP contribution in [0, 0.1) is 11.8 Å². The van der Waals surface area contributed by atoms with Gasteiger partial charge in [-0.1, -0.05) is 0 Å². The molecule has 21 heavy (non-hydrogen) atoms. The van der Waals surface area contributed by atoms with Gasteiger partial charge < -0.3 is 16.0 Å². The molecular weight excluding hydrogens is 287 g/mol. The van der Waals surface area contributed by atoms with E-state index < -0.39 is 18.1 Å². The average molecular weight is 307 g/mol. The van der Waals surface area contributed by atoms with E-state index in [-0.39, 0.29) is 37.1 Å². The van der Waals surface area contributed by atoms with Crippen LogP contribution in [-0.2, 0) is 9.59 Å². The molecule has 5 nitrogen and oxygen atoms in total. The summed E-state index contributed by atoms with van der Waals surface area (Å²) >= 11 is 0. The maximum atomic E-state index is 12.6. The first-order chi connectivity index (χ1) is 9.79. The highest BCUT2D eigenvalue weighted by Crippen LogP contribution is 2.32. The molecule has 2 saturated heterocycles. The molecule has 2 aliphatic rings. The number of nitrogens with zero attached hydrogens (tertiary/aromatic N) is 1. The lowest BCUT2D eigenvalue weighted by Crippen LogP contribution is -2.54. The molecule has 8 heteroatoms. The van der Waals surface area contributed by atoms with E-state index in [0.29, 0.717) is 25.9 Å². The number of amides is 2. The normalized spacial score (nSPS) is 28.4. The molecule has 2 unspecified atom stereocenters. The molecule has 120 valence electrons. The zero-order valence-electron chi connectivity index (χ0n) is 11.7. The molecule has 0 spiro atoms. The summed E-state index contributed by atoms with van der Waals surface area (Å²) in [6.07, 6.45) is -2.98. The number of likely N-dealkylation sites (tertiary alicyclic amines) is 1. The molecule has 0 bridgehead atoms. The number of halogens is 3. The van der Waals surface area contributed by atoms with Gasteiger partial charge in [0.1, 0.15) is 0 Å². The highest BCUT2D eigenvalue weighted by molar-refractivity contribution is 5.82. The molecule has 0 aromatic rings. The van der Waals surface area contributed by atoms with E-state index in [1.165, 1.54) is 0 Å². The zero-order chi connectivity index (χ0) is 15.6. The summed E-state index contributed by atoms with van der Waals surface area (Å²) in [6.45, 7) is 0.665. The molecule has 0 aliphatic carbocycles. The van der Waals surface area contributed by atoms with Gasteiger partial charge in [0.15, 0.2) is 0 Å². The van der Waals surface area contributed by atoms with Crippen molar-refractivity contribution in [1.29, 1.82) is 0 Å². The SMILES string of the molecule is NC(=O)C1CCN(C(=O)C2CCC(C(F)(F)F)CN2)CC1. The minimum atomic E-state index is -4.21. The first kappa shape index (κ1) is 16.1. The molecule has 2 amide bonds.